The number of piperidine rings is 1. The summed E-state index contributed by atoms with van der Waals surface area (Å²) in [7, 11) is 1.64. The number of hydrogen-bond acceptors (Lipinski definition) is 4. The molecule has 1 aromatic rings. The fraction of sp³-hybridized carbons (Fsp3) is 0.647. The smallest absolute Gasteiger partial charge is 0.141 e. The van der Waals surface area contributed by atoms with Gasteiger partial charge in [0.15, 0.2) is 0 Å². The summed E-state index contributed by atoms with van der Waals surface area (Å²) in [5.41, 5.74) is 7.93. The summed E-state index contributed by atoms with van der Waals surface area (Å²) in [6, 6.07) is 6.63. The molecular weight excluding hydrogens is 264 g/mol. The minimum absolute atomic E-state index is 0.302. The lowest BCUT2D eigenvalue weighted by atomic mass is 9.99. The summed E-state index contributed by atoms with van der Waals surface area (Å²) >= 11 is 0. The Labute approximate surface area is 127 Å². The molecule has 0 amide bonds. The van der Waals surface area contributed by atoms with Crippen molar-refractivity contribution < 1.29 is 9.84 Å². The fourth-order valence-corrected chi connectivity index (χ4v) is 3.26. The van der Waals surface area contributed by atoms with Crippen LogP contribution in [0.3, 0.4) is 0 Å². The quantitative estimate of drug-likeness (QED) is 0.758. The molecule has 4 nitrogen and oxygen atoms in total. The average molecular weight is 292 g/mol. The van der Waals surface area contributed by atoms with Gasteiger partial charge in [0.2, 0.25) is 0 Å². The van der Waals surface area contributed by atoms with E-state index in [0.717, 1.165) is 31.6 Å². The van der Waals surface area contributed by atoms with E-state index in [1.807, 2.05) is 12.1 Å². The van der Waals surface area contributed by atoms with Gasteiger partial charge >= 0.3 is 0 Å². The van der Waals surface area contributed by atoms with Crippen LogP contribution in [0.5, 0.6) is 5.75 Å². The van der Waals surface area contributed by atoms with Crippen LogP contribution in [0.25, 0.3) is 0 Å². The van der Waals surface area contributed by atoms with Crippen molar-refractivity contribution in [1.82, 2.24) is 4.90 Å². The molecule has 0 radical (unpaired) electrons. The number of ether oxygens (including phenoxy) is 1. The van der Waals surface area contributed by atoms with Gasteiger partial charge in [-0.3, -0.25) is 0 Å². The second-order valence-corrected chi connectivity index (χ2v) is 5.88. The van der Waals surface area contributed by atoms with Crippen LogP contribution in [0, 0.1) is 0 Å². The number of nitrogens with two attached hydrogens (primary N) is 1. The summed E-state index contributed by atoms with van der Waals surface area (Å²) in [5.74, 6) is 0.748. The third-order valence-electron chi connectivity index (χ3n) is 4.42. The van der Waals surface area contributed by atoms with E-state index in [1.165, 1.54) is 31.4 Å². The van der Waals surface area contributed by atoms with Crippen LogP contribution in [0.2, 0.25) is 0 Å². The van der Waals surface area contributed by atoms with Crippen LogP contribution in [0.4, 0.5) is 5.69 Å². The second-order valence-electron chi connectivity index (χ2n) is 5.88. The van der Waals surface area contributed by atoms with Crippen molar-refractivity contribution in [1.29, 1.82) is 0 Å². The van der Waals surface area contributed by atoms with Crippen LogP contribution in [0.15, 0.2) is 18.2 Å². The number of hydrogen-bond donors (Lipinski definition) is 2. The minimum Gasteiger partial charge on any atom is -0.495 e. The van der Waals surface area contributed by atoms with Crippen molar-refractivity contribution in [2.24, 2.45) is 0 Å². The van der Waals surface area contributed by atoms with Crippen molar-refractivity contribution in [3.63, 3.8) is 0 Å². The van der Waals surface area contributed by atoms with Gasteiger partial charge in [0.1, 0.15) is 5.75 Å². The van der Waals surface area contributed by atoms with Crippen LogP contribution in [-0.2, 0) is 6.42 Å². The normalized spacial score (nSPS) is 19.6. The first-order valence-electron chi connectivity index (χ1n) is 8.02. The summed E-state index contributed by atoms with van der Waals surface area (Å²) in [6.07, 6.45) is 6.91. The molecule has 1 heterocycles. The zero-order valence-corrected chi connectivity index (χ0v) is 13.1. The van der Waals surface area contributed by atoms with Gasteiger partial charge in [0.25, 0.3) is 0 Å². The van der Waals surface area contributed by atoms with Gasteiger partial charge in [-0.1, -0.05) is 12.5 Å². The molecule has 0 bridgehead atoms. The zero-order chi connectivity index (χ0) is 15.1. The van der Waals surface area contributed by atoms with Crippen LogP contribution >= 0.6 is 0 Å². The number of nitrogens with zero attached hydrogens (tertiary/aromatic N) is 1. The number of methoxy groups -OCH3 is 1. The van der Waals surface area contributed by atoms with E-state index in [4.69, 9.17) is 15.6 Å². The zero-order valence-electron chi connectivity index (χ0n) is 13.1. The van der Waals surface area contributed by atoms with Crippen LogP contribution < -0.4 is 10.5 Å². The van der Waals surface area contributed by atoms with E-state index in [9.17, 15) is 0 Å². The molecule has 0 saturated carbocycles. The Balaban J connectivity index is 1.81. The molecule has 1 atom stereocenters. The standard InChI is InChI=1S/C17H28N2O2/c1-21-17-8-7-14(13-16(17)18)5-4-11-19-10-3-2-6-15(19)9-12-20/h7-8,13,15,20H,2-6,9-12,18H2,1H3. The molecule has 1 unspecified atom stereocenters. The van der Waals surface area contributed by atoms with Crippen molar-refractivity contribution in [3.8, 4) is 5.75 Å². The molecule has 118 valence electrons. The van der Waals surface area contributed by atoms with E-state index >= 15 is 0 Å². The Morgan fingerprint density at radius 3 is 2.95 bits per heavy atom. The topological polar surface area (TPSA) is 58.7 Å². The first kappa shape index (κ1) is 16.1. The van der Waals surface area contributed by atoms with Gasteiger partial charge in [0.05, 0.1) is 12.8 Å². The first-order chi connectivity index (χ1) is 10.2. The monoisotopic (exact) mass is 292 g/mol. The molecule has 21 heavy (non-hydrogen) atoms. The summed E-state index contributed by atoms with van der Waals surface area (Å²) in [6.45, 7) is 2.59. The van der Waals surface area contributed by atoms with Crippen molar-refractivity contribution >= 4 is 5.69 Å². The molecule has 1 aliphatic rings. The number of likely N-dealkylation sites (tertiary alicyclic amines) is 1. The molecule has 0 aliphatic carbocycles. The lowest BCUT2D eigenvalue weighted by Gasteiger charge is -2.35. The maximum atomic E-state index is 9.17. The fourth-order valence-electron chi connectivity index (χ4n) is 3.26. The van der Waals surface area contributed by atoms with Gasteiger partial charge in [-0.15, -0.1) is 0 Å². The molecular formula is C17H28N2O2. The predicted octanol–water partition coefficient (Wildman–Crippen LogP) is 2.45. The molecule has 0 aromatic heterocycles. The SMILES string of the molecule is COc1ccc(CCCN2CCCCC2CCO)cc1N. The number of aliphatic hydroxyl groups is 1. The summed E-state index contributed by atoms with van der Waals surface area (Å²) < 4.78 is 5.18. The Morgan fingerprint density at radius 2 is 2.24 bits per heavy atom. The van der Waals surface area contributed by atoms with Gasteiger partial charge in [-0.05, 0) is 62.9 Å². The Hall–Kier alpha value is -1.26. The van der Waals surface area contributed by atoms with Gasteiger partial charge in [-0.2, -0.15) is 0 Å². The molecule has 1 aromatic carbocycles. The van der Waals surface area contributed by atoms with Crippen molar-refractivity contribution in [2.75, 3.05) is 32.5 Å². The van der Waals surface area contributed by atoms with E-state index < -0.39 is 0 Å². The maximum Gasteiger partial charge on any atom is 0.141 e. The van der Waals surface area contributed by atoms with Gasteiger partial charge in [0, 0.05) is 12.6 Å². The summed E-state index contributed by atoms with van der Waals surface area (Å²) in [4.78, 5) is 2.55. The van der Waals surface area contributed by atoms with Crippen LogP contribution in [0.1, 0.15) is 37.7 Å². The average Bonchev–Trinajstić information content (AvgIpc) is 2.49. The van der Waals surface area contributed by atoms with Gasteiger partial charge in [-0.25, -0.2) is 0 Å². The number of benzene rings is 1. The molecule has 2 rings (SSSR count). The van der Waals surface area contributed by atoms with E-state index in [-0.39, 0.29) is 0 Å². The highest BCUT2D eigenvalue weighted by atomic mass is 16.5. The third-order valence-corrected chi connectivity index (χ3v) is 4.42. The lowest BCUT2D eigenvalue weighted by molar-refractivity contribution is 0.118. The molecule has 1 fully saturated rings. The van der Waals surface area contributed by atoms with Gasteiger partial charge < -0.3 is 20.5 Å². The Bertz CT molecular complexity index is 435. The Morgan fingerprint density at radius 1 is 1.38 bits per heavy atom. The summed E-state index contributed by atoms with van der Waals surface area (Å²) in [5, 5.41) is 9.17. The lowest BCUT2D eigenvalue weighted by Crippen LogP contribution is -2.40. The maximum absolute atomic E-state index is 9.17. The third kappa shape index (κ3) is 4.61. The van der Waals surface area contributed by atoms with E-state index in [0.29, 0.717) is 18.3 Å². The first-order valence-corrected chi connectivity index (χ1v) is 8.02. The number of aliphatic hydroxyl groups excluding tert-OH is 1. The highest BCUT2D eigenvalue weighted by Crippen LogP contribution is 2.23. The van der Waals surface area contributed by atoms with Crippen molar-refractivity contribution in [2.45, 2.75) is 44.6 Å². The number of nitrogen functional groups attached to an aromatic ring is 1. The van der Waals surface area contributed by atoms with Crippen molar-refractivity contribution in [3.05, 3.63) is 23.8 Å². The minimum atomic E-state index is 0.302. The second kappa shape index (κ2) is 8.25. The van der Waals surface area contributed by atoms with E-state index in [1.54, 1.807) is 7.11 Å². The molecule has 0 spiro atoms. The predicted molar refractivity (Wildman–Crippen MR) is 86.6 cm³/mol. The molecule has 4 heteroatoms. The molecule has 1 aliphatic heterocycles. The number of rotatable bonds is 7. The highest BCUT2D eigenvalue weighted by molar-refractivity contribution is 5.54. The molecule has 3 N–H and O–H groups in total. The largest absolute Gasteiger partial charge is 0.495 e. The Kier molecular flexibility index (Phi) is 6.33. The number of anilines is 1. The highest BCUT2D eigenvalue weighted by Gasteiger charge is 2.21. The molecule has 1 saturated heterocycles. The van der Waals surface area contributed by atoms with E-state index in [2.05, 4.69) is 11.0 Å². The van der Waals surface area contributed by atoms with Crippen LogP contribution in [-0.4, -0.2) is 42.9 Å². The number of aryl methyl sites for hydroxylation is 1.